The molecule has 0 amide bonds. The Labute approximate surface area is 178 Å². The zero-order chi connectivity index (χ0) is 22.1. The molecule has 2 heterocycles. The lowest BCUT2D eigenvalue weighted by molar-refractivity contribution is 0.233. The molecule has 7 nitrogen and oxygen atoms in total. The molecular weight excluding hydrogens is 404 g/mol. The van der Waals surface area contributed by atoms with Gasteiger partial charge >= 0.3 is 5.69 Å². The quantitative estimate of drug-likeness (QED) is 0.565. The monoisotopic (exact) mass is 431 g/mol. The molecule has 31 heavy (non-hydrogen) atoms. The first-order chi connectivity index (χ1) is 14.9. The summed E-state index contributed by atoms with van der Waals surface area (Å²) in [6, 6.07) is 3.91. The number of aromatic nitrogens is 4. The average Bonchev–Trinajstić information content (AvgIpc) is 3.50. The summed E-state index contributed by atoms with van der Waals surface area (Å²) in [5.74, 6) is -0.510. The number of aromatic amines is 1. The Hall–Kier alpha value is -2.81. The van der Waals surface area contributed by atoms with Crippen LogP contribution in [0.4, 0.5) is 8.78 Å². The van der Waals surface area contributed by atoms with Gasteiger partial charge in [-0.15, -0.1) is 0 Å². The Bertz CT molecular complexity index is 1210. The average molecular weight is 431 g/mol. The third-order valence-electron chi connectivity index (χ3n) is 5.81. The second-order valence-electron chi connectivity index (χ2n) is 8.08. The fourth-order valence-corrected chi connectivity index (χ4v) is 4.01. The van der Waals surface area contributed by atoms with E-state index in [1.165, 1.54) is 16.7 Å². The maximum atomic E-state index is 14.2. The lowest BCUT2D eigenvalue weighted by Crippen LogP contribution is -2.31. The van der Waals surface area contributed by atoms with Crippen molar-refractivity contribution in [3.8, 4) is 0 Å². The molecule has 1 saturated carbocycles. The summed E-state index contributed by atoms with van der Waals surface area (Å²) in [5.41, 5.74) is 0.298. The van der Waals surface area contributed by atoms with Crippen LogP contribution in [0.15, 0.2) is 27.8 Å². The summed E-state index contributed by atoms with van der Waals surface area (Å²) in [5, 5.41) is 0. The van der Waals surface area contributed by atoms with Gasteiger partial charge < -0.3 is 4.57 Å². The van der Waals surface area contributed by atoms with Crippen LogP contribution < -0.4 is 11.2 Å². The van der Waals surface area contributed by atoms with Crippen molar-refractivity contribution in [3.63, 3.8) is 0 Å². The van der Waals surface area contributed by atoms with Crippen molar-refractivity contribution in [2.45, 2.75) is 71.8 Å². The van der Waals surface area contributed by atoms with E-state index in [9.17, 15) is 18.4 Å². The zero-order valence-corrected chi connectivity index (χ0v) is 17.8. The second-order valence-corrected chi connectivity index (χ2v) is 8.08. The van der Waals surface area contributed by atoms with Crippen LogP contribution >= 0.6 is 0 Å². The number of fused-ring (bicyclic) bond motifs is 1. The predicted molar refractivity (Wildman–Crippen MR) is 114 cm³/mol. The van der Waals surface area contributed by atoms with Crippen molar-refractivity contribution in [3.05, 3.63) is 62.1 Å². The highest BCUT2D eigenvalue weighted by Crippen LogP contribution is 2.30. The maximum absolute atomic E-state index is 14.2. The fraction of sp³-hybridized carbons (Fsp3) is 0.500. The first-order valence-electron chi connectivity index (χ1n) is 10.8. The van der Waals surface area contributed by atoms with Crippen LogP contribution in [0.1, 0.15) is 50.9 Å². The third-order valence-corrected chi connectivity index (χ3v) is 5.81. The largest absolute Gasteiger partial charge is 0.330 e. The lowest BCUT2D eigenvalue weighted by Gasteiger charge is -2.22. The number of halogens is 2. The van der Waals surface area contributed by atoms with Crippen LogP contribution in [0.2, 0.25) is 0 Å². The van der Waals surface area contributed by atoms with E-state index in [0.717, 1.165) is 31.7 Å². The number of aryl methyl sites for hydroxylation is 2. The number of unbranched alkanes of at least 4 members (excludes halogenated alkanes) is 1. The zero-order valence-electron chi connectivity index (χ0n) is 17.8. The molecule has 9 heteroatoms. The standard InChI is InChI=1S/C22H27F2N5O2/c1-3-5-10-29-20-19(21(30)26-22(29)31)28(4-2)18(25-20)13-27(16-8-9-16)12-14-6-7-15(23)11-17(14)24/h6-7,11,16H,3-5,8-10,12-13H2,1-2H3,(H,26,30,31). The molecule has 0 unspecified atom stereocenters. The first kappa shape index (κ1) is 21.4. The van der Waals surface area contributed by atoms with Crippen LogP contribution in [0, 0.1) is 11.6 Å². The Balaban J connectivity index is 1.73. The number of nitrogens with zero attached hydrogens (tertiary/aromatic N) is 4. The third kappa shape index (κ3) is 4.32. The minimum absolute atomic E-state index is 0.287. The van der Waals surface area contributed by atoms with Gasteiger partial charge in [0.2, 0.25) is 0 Å². The van der Waals surface area contributed by atoms with Crippen molar-refractivity contribution < 1.29 is 8.78 Å². The number of hydrogen-bond donors (Lipinski definition) is 1. The van der Waals surface area contributed by atoms with E-state index >= 15 is 0 Å². The van der Waals surface area contributed by atoms with Gasteiger partial charge in [-0.05, 0) is 32.3 Å². The van der Waals surface area contributed by atoms with Crippen molar-refractivity contribution in [2.75, 3.05) is 0 Å². The number of H-pyrrole nitrogens is 1. The molecule has 3 aromatic rings. The number of rotatable bonds is 9. The minimum Gasteiger partial charge on any atom is -0.321 e. The Kier molecular flexibility index (Phi) is 6.04. The maximum Gasteiger partial charge on any atom is 0.330 e. The molecule has 1 N–H and O–H groups in total. The molecule has 0 bridgehead atoms. The van der Waals surface area contributed by atoms with Crippen LogP contribution in [0.5, 0.6) is 0 Å². The van der Waals surface area contributed by atoms with Crippen molar-refractivity contribution in [1.82, 2.24) is 24.0 Å². The summed E-state index contributed by atoms with van der Waals surface area (Å²) in [4.78, 5) is 34.2. The summed E-state index contributed by atoms with van der Waals surface area (Å²) < 4.78 is 30.9. The number of benzene rings is 1. The second kappa shape index (κ2) is 8.74. The number of hydrogen-bond acceptors (Lipinski definition) is 4. The molecular formula is C22H27F2N5O2. The van der Waals surface area contributed by atoms with E-state index in [1.807, 2.05) is 18.4 Å². The first-order valence-corrected chi connectivity index (χ1v) is 10.8. The Morgan fingerprint density at radius 2 is 1.94 bits per heavy atom. The molecule has 1 aliphatic carbocycles. The van der Waals surface area contributed by atoms with Gasteiger partial charge in [0.05, 0.1) is 6.54 Å². The molecule has 1 fully saturated rings. The molecule has 2 aromatic heterocycles. The lowest BCUT2D eigenvalue weighted by atomic mass is 10.2. The highest BCUT2D eigenvalue weighted by Gasteiger charge is 2.31. The van der Waals surface area contributed by atoms with E-state index < -0.39 is 22.9 Å². The summed E-state index contributed by atoms with van der Waals surface area (Å²) >= 11 is 0. The van der Waals surface area contributed by atoms with Gasteiger partial charge in [-0.25, -0.2) is 18.6 Å². The number of imidazole rings is 1. The molecule has 166 valence electrons. The van der Waals surface area contributed by atoms with Gasteiger partial charge in [-0.2, -0.15) is 0 Å². The van der Waals surface area contributed by atoms with Gasteiger partial charge in [-0.3, -0.25) is 19.2 Å². The molecule has 0 saturated heterocycles. The molecule has 0 radical (unpaired) electrons. The topological polar surface area (TPSA) is 75.9 Å². The molecule has 1 aliphatic rings. The van der Waals surface area contributed by atoms with E-state index in [2.05, 4.69) is 9.88 Å². The number of nitrogens with one attached hydrogen (secondary N) is 1. The minimum atomic E-state index is -0.601. The highest BCUT2D eigenvalue weighted by atomic mass is 19.1. The van der Waals surface area contributed by atoms with E-state index in [-0.39, 0.29) is 6.04 Å². The van der Waals surface area contributed by atoms with Crippen molar-refractivity contribution in [1.29, 1.82) is 0 Å². The van der Waals surface area contributed by atoms with Gasteiger partial charge in [0.25, 0.3) is 5.56 Å². The summed E-state index contributed by atoms with van der Waals surface area (Å²) in [6.45, 7) is 5.69. The van der Waals surface area contributed by atoms with Crippen LogP contribution in [0.25, 0.3) is 11.2 Å². The SMILES string of the molecule is CCCCn1c(=O)[nH]c(=O)c2c1nc(CN(Cc1ccc(F)cc1F)C1CC1)n2CC. The van der Waals surface area contributed by atoms with Gasteiger partial charge in [-0.1, -0.05) is 19.4 Å². The predicted octanol–water partition coefficient (Wildman–Crippen LogP) is 3.15. The van der Waals surface area contributed by atoms with E-state index in [4.69, 9.17) is 4.98 Å². The van der Waals surface area contributed by atoms with Crippen LogP contribution in [-0.4, -0.2) is 30.0 Å². The molecule has 4 rings (SSSR count). The summed E-state index contributed by atoms with van der Waals surface area (Å²) in [7, 11) is 0. The normalized spacial score (nSPS) is 14.1. The van der Waals surface area contributed by atoms with E-state index in [0.29, 0.717) is 48.7 Å². The van der Waals surface area contributed by atoms with E-state index in [1.54, 1.807) is 0 Å². The molecule has 0 aliphatic heterocycles. The molecule has 1 aromatic carbocycles. The molecule has 0 atom stereocenters. The van der Waals surface area contributed by atoms with Gasteiger partial charge in [0.1, 0.15) is 17.5 Å². The van der Waals surface area contributed by atoms with Crippen molar-refractivity contribution >= 4 is 11.2 Å². The summed E-state index contributed by atoms with van der Waals surface area (Å²) in [6.07, 6.45) is 3.70. The Morgan fingerprint density at radius 3 is 2.58 bits per heavy atom. The van der Waals surface area contributed by atoms with Crippen molar-refractivity contribution in [2.24, 2.45) is 0 Å². The fourth-order valence-electron chi connectivity index (χ4n) is 4.01. The molecule has 0 spiro atoms. The van der Waals surface area contributed by atoms with Crippen LogP contribution in [-0.2, 0) is 26.2 Å². The Morgan fingerprint density at radius 1 is 1.16 bits per heavy atom. The van der Waals surface area contributed by atoms with Crippen LogP contribution in [0.3, 0.4) is 0 Å². The van der Waals surface area contributed by atoms with Gasteiger partial charge in [0.15, 0.2) is 11.2 Å². The highest BCUT2D eigenvalue weighted by molar-refractivity contribution is 5.71. The smallest absolute Gasteiger partial charge is 0.321 e. The van der Waals surface area contributed by atoms with Gasteiger partial charge in [0, 0.05) is 37.3 Å².